The van der Waals surface area contributed by atoms with Crippen molar-refractivity contribution in [3.05, 3.63) is 46.6 Å². The van der Waals surface area contributed by atoms with E-state index in [2.05, 4.69) is 4.98 Å². The van der Waals surface area contributed by atoms with Crippen molar-refractivity contribution in [1.82, 2.24) is 4.98 Å². The van der Waals surface area contributed by atoms with E-state index >= 15 is 0 Å². The van der Waals surface area contributed by atoms with E-state index in [1.54, 1.807) is 6.07 Å². The smallest absolute Gasteiger partial charge is 0.328 e. The molecule has 1 unspecified atom stereocenters. The molecule has 132 valence electrons. The van der Waals surface area contributed by atoms with Crippen molar-refractivity contribution < 1.29 is 24.9 Å². The number of halogens is 1. The molecule has 0 radical (unpaired) electrons. The zero-order chi connectivity index (χ0) is 18.6. The van der Waals surface area contributed by atoms with Crippen molar-refractivity contribution in [2.75, 3.05) is 5.73 Å². The Hall–Kier alpha value is -2.64. The molecule has 2 aromatic rings. The number of aliphatic hydroxyl groups excluding tert-OH is 1. The highest BCUT2D eigenvalue weighted by Crippen LogP contribution is 2.37. The summed E-state index contributed by atoms with van der Waals surface area (Å²) in [5.74, 6) is -2.51. The highest BCUT2D eigenvalue weighted by Gasteiger charge is 2.23. The lowest BCUT2D eigenvalue weighted by Gasteiger charge is -2.23. The largest absolute Gasteiger partial charge is 0.478 e. The predicted molar refractivity (Wildman–Crippen MR) is 93.5 cm³/mol. The average Bonchev–Trinajstić information content (AvgIpc) is 2.53. The van der Waals surface area contributed by atoms with Gasteiger partial charge in [-0.25, -0.2) is 9.59 Å². The Morgan fingerprint density at radius 1 is 1.24 bits per heavy atom. The first-order chi connectivity index (χ1) is 11.8. The highest BCUT2D eigenvalue weighted by atomic mass is 35.5. The number of anilines is 1. The molecule has 0 aliphatic heterocycles. The van der Waals surface area contributed by atoms with Gasteiger partial charge in [-0.1, -0.05) is 11.6 Å². The number of aromatic nitrogens is 1. The normalized spacial score (nSPS) is 16.2. The number of aryl methyl sites for hydroxylation is 1. The van der Waals surface area contributed by atoms with Gasteiger partial charge >= 0.3 is 11.9 Å². The number of fused-ring (bicyclic) bond motifs is 2. The number of aliphatic hydroxyl groups is 1. The molecule has 8 heteroatoms. The molecule has 1 heterocycles. The van der Waals surface area contributed by atoms with Crippen LogP contribution < -0.4 is 5.73 Å². The number of nitrogens with two attached hydrogens (primary N) is 1. The SMILES string of the molecule is Nc1c2c(nc3cc(Cl)ccc13)CCCC2O.O=C(O)/C=C\C(=O)O. The fourth-order valence-corrected chi connectivity index (χ4v) is 2.81. The van der Waals surface area contributed by atoms with E-state index in [-0.39, 0.29) is 0 Å². The number of nitrogen functional groups attached to an aromatic ring is 1. The molecule has 1 aromatic carbocycles. The molecule has 1 aliphatic rings. The number of hydrogen-bond donors (Lipinski definition) is 4. The zero-order valence-corrected chi connectivity index (χ0v) is 13.9. The van der Waals surface area contributed by atoms with Crippen molar-refractivity contribution in [1.29, 1.82) is 0 Å². The number of pyridine rings is 1. The maximum absolute atomic E-state index is 10.0. The summed E-state index contributed by atoms with van der Waals surface area (Å²) in [6.07, 6.45) is 3.22. The number of carbonyl (C=O) groups is 2. The number of nitrogens with zero attached hydrogens (tertiary/aromatic N) is 1. The first-order valence-electron chi connectivity index (χ1n) is 7.49. The van der Waals surface area contributed by atoms with E-state index in [1.165, 1.54) is 0 Å². The molecule has 0 saturated heterocycles. The lowest BCUT2D eigenvalue weighted by molar-refractivity contribution is -0.134. The van der Waals surface area contributed by atoms with E-state index in [0.29, 0.717) is 22.9 Å². The molecule has 0 fully saturated rings. The molecule has 0 saturated carbocycles. The van der Waals surface area contributed by atoms with Gasteiger partial charge in [0.15, 0.2) is 0 Å². The van der Waals surface area contributed by atoms with Crippen molar-refractivity contribution in [2.45, 2.75) is 25.4 Å². The van der Waals surface area contributed by atoms with Crippen LogP contribution in [-0.4, -0.2) is 32.2 Å². The van der Waals surface area contributed by atoms with Crippen LogP contribution in [0.15, 0.2) is 30.4 Å². The van der Waals surface area contributed by atoms with Crippen molar-refractivity contribution in [3.63, 3.8) is 0 Å². The van der Waals surface area contributed by atoms with Crippen molar-refractivity contribution in [3.8, 4) is 0 Å². The number of aliphatic carboxylic acids is 2. The van der Waals surface area contributed by atoms with Crippen LogP contribution in [0, 0.1) is 0 Å². The summed E-state index contributed by atoms with van der Waals surface area (Å²) in [5.41, 5.74) is 9.32. The minimum absolute atomic E-state index is 0.480. The second-order valence-corrected chi connectivity index (χ2v) is 5.90. The molecule has 5 N–H and O–H groups in total. The average molecular weight is 365 g/mol. The topological polar surface area (TPSA) is 134 Å². The highest BCUT2D eigenvalue weighted by molar-refractivity contribution is 6.31. The van der Waals surface area contributed by atoms with Crippen LogP contribution in [-0.2, 0) is 16.0 Å². The predicted octanol–water partition coefficient (Wildman–Crippen LogP) is 2.55. The molecule has 0 amide bonds. The fourth-order valence-electron chi connectivity index (χ4n) is 2.64. The second-order valence-electron chi connectivity index (χ2n) is 5.47. The van der Waals surface area contributed by atoms with Gasteiger partial charge in [0.1, 0.15) is 0 Å². The maximum Gasteiger partial charge on any atom is 0.328 e. The van der Waals surface area contributed by atoms with Gasteiger partial charge in [-0.3, -0.25) is 4.98 Å². The zero-order valence-electron chi connectivity index (χ0n) is 13.1. The molecule has 25 heavy (non-hydrogen) atoms. The Morgan fingerprint density at radius 3 is 2.48 bits per heavy atom. The number of hydrogen-bond acceptors (Lipinski definition) is 5. The monoisotopic (exact) mass is 364 g/mol. The number of rotatable bonds is 2. The van der Waals surface area contributed by atoms with Gasteiger partial charge in [0.25, 0.3) is 0 Å². The third-order valence-corrected chi connectivity index (χ3v) is 3.93. The van der Waals surface area contributed by atoms with Crippen LogP contribution >= 0.6 is 11.6 Å². The third kappa shape index (κ3) is 4.68. The van der Waals surface area contributed by atoms with Crippen LogP contribution in [0.3, 0.4) is 0 Å². The summed E-state index contributed by atoms with van der Waals surface area (Å²) in [6, 6.07) is 5.47. The van der Waals surface area contributed by atoms with Gasteiger partial charge in [0.2, 0.25) is 0 Å². The van der Waals surface area contributed by atoms with Crippen LogP contribution in [0.2, 0.25) is 5.02 Å². The number of carboxylic acid groups (broad SMARTS) is 2. The minimum atomic E-state index is -1.26. The van der Waals surface area contributed by atoms with Gasteiger partial charge < -0.3 is 21.1 Å². The van der Waals surface area contributed by atoms with Gasteiger partial charge in [-0.2, -0.15) is 0 Å². The molecular formula is C17H17ClN2O5. The fraction of sp³-hybridized carbons (Fsp3) is 0.235. The lowest BCUT2D eigenvalue weighted by Crippen LogP contribution is -2.14. The van der Waals surface area contributed by atoms with Crippen LogP contribution in [0.4, 0.5) is 5.69 Å². The third-order valence-electron chi connectivity index (χ3n) is 3.70. The van der Waals surface area contributed by atoms with Gasteiger partial charge in [-0.05, 0) is 37.5 Å². The van der Waals surface area contributed by atoms with Crippen LogP contribution in [0.25, 0.3) is 10.9 Å². The van der Waals surface area contributed by atoms with Gasteiger partial charge in [-0.15, -0.1) is 0 Å². The summed E-state index contributed by atoms with van der Waals surface area (Å²) in [5, 5.41) is 27.2. The summed E-state index contributed by atoms with van der Waals surface area (Å²) in [4.78, 5) is 23.7. The van der Waals surface area contributed by atoms with Crippen molar-refractivity contribution >= 4 is 40.1 Å². The molecule has 0 bridgehead atoms. The number of benzene rings is 1. The number of carboxylic acids is 2. The Labute approximate surface area is 148 Å². The Bertz CT molecular complexity index is 835. The molecule has 1 aliphatic carbocycles. The Balaban J connectivity index is 0.000000242. The quantitative estimate of drug-likeness (QED) is 0.601. The van der Waals surface area contributed by atoms with E-state index in [1.807, 2.05) is 12.1 Å². The van der Waals surface area contributed by atoms with Crippen LogP contribution in [0.1, 0.15) is 30.2 Å². The molecule has 0 spiro atoms. The molecular weight excluding hydrogens is 348 g/mol. The second kappa shape index (κ2) is 7.96. The first kappa shape index (κ1) is 18.7. The van der Waals surface area contributed by atoms with Gasteiger partial charge in [0.05, 0.1) is 11.6 Å². The lowest BCUT2D eigenvalue weighted by atomic mass is 9.90. The van der Waals surface area contributed by atoms with Crippen LogP contribution in [0.5, 0.6) is 0 Å². The van der Waals surface area contributed by atoms with E-state index < -0.39 is 18.0 Å². The summed E-state index contributed by atoms with van der Waals surface area (Å²) in [6.45, 7) is 0. The van der Waals surface area contributed by atoms with Gasteiger partial charge in [0, 0.05) is 39.5 Å². The molecule has 1 atom stereocenters. The first-order valence-corrected chi connectivity index (χ1v) is 7.87. The summed E-state index contributed by atoms with van der Waals surface area (Å²) >= 11 is 5.95. The minimum Gasteiger partial charge on any atom is -0.478 e. The summed E-state index contributed by atoms with van der Waals surface area (Å²) < 4.78 is 0. The van der Waals surface area contributed by atoms with E-state index in [0.717, 1.165) is 41.4 Å². The van der Waals surface area contributed by atoms with E-state index in [4.69, 9.17) is 27.5 Å². The molecule has 1 aromatic heterocycles. The molecule has 3 rings (SSSR count). The van der Waals surface area contributed by atoms with E-state index in [9.17, 15) is 14.7 Å². The Morgan fingerprint density at radius 2 is 1.88 bits per heavy atom. The van der Waals surface area contributed by atoms with Crippen molar-refractivity contribution in [2.24, 2.45) is 0 Å². The maximum atomic E-state index is 10.0. The summed E-state index contributed by atoms with van der Waals surface area (Å²) in [7, 11) is 0. The Kier molecular flexibility index (Phi) is 5.95. The molecule has 7 nitrogen and oxygen atoms in total. The standard InChI is InChI=1S/C13H13ClN2O.C4H4O4/c14-7-4-5-8-10(6-7)16-9-2-1-3-11(17)12(9)13(8)15;5-3(6)1-2-4(7)8/h4-6,11,17H,1-3H2,(H2,15,16);1-2H,(H,5,6)(H,7,8)/b;2-1-.